The predicted octanol–water partition coefficient (Wildman–Crippen LogP) is 4.74. The largest absolute Gasteiger partial charge is 0.339 e. The molecule has 0 spiro atoms. The van der Waals surface area contributed by atoms with Gasteiger partial charge in [-0.15, -0.1) is 0 Å². The van der Waals surface area contributed by atoms with Gasteiger partial charge in [-0.1, -0.05) is 48.0 Å². The van der Waals surface area contributed by atoms with E-state index in [4.69, 9.17) is 11.6 Å². The summed E-state index contributed by atoms with van der Waals surface area (Å²) in [6.45, 7) is 5.99. The molecule has 2 aromatic rings. The smallest absolute Gasteiger partial charge is 0.272 e. The number of thioether (sulfide) groups is 2. The van der Waals surface area contributed by atoms with E-state index in [-0.39, 0.29) is 16.6 Å². The van der Waals surface area contributed by atoms with Crippen molar-refractivity contribution in [2.24, 2.45) is 0 Å². The quantitative estimate of drug-likeness (QED) is 0.388. The van der Waals surface area contributed by atoms with E-state index in [1.807, 2.05) is 38.3 Å². The van der Waals surface area contributed by atoms with Crippen molar-refractivity contribution in [1.82, 2.24) is 15.3 Å². The second-order valence-electron chi connectivity index (χ2n) is 6.81. The Morgan fingerprint density at radius 1 is 1.23 bits per heavy atom. The van der Waals surface area contributed by atoms with Gasteiger partial charge >= 0.3 is 0 Å². The molecular weight excluding hydrogens is 440 g/mol. The molecule has 1 aromatic carbocycles. The van der Waals surface area contributed by atoms with Gasteiger partial charge in [0, 0.05) is 11.4 Å². The summed E-state index contributed by atoms with van der Waals surface area (Å²) in [7, 11) is 0. The highest BCUT2D eigenvalue weighted by molar-refractivity contribution is 7.99. The van der Waals surface area contributed by atoms with Crippen LogP contribution in [0.2, 0.25) is 5.02 Å². The van der Waals surface area contributed by atoms with Crippen LogP contribution in [-0.2, 0) is 4.79 Å². The van der Waals surface area contributed by atoms with E-state index in [1.165, 1.54) is 18.0 Å². The third kappa shape index (κ3) is 7.18. The third-order valence-electron chi connectivity index (χ3n) is 4.24. The number of aromatic nitrogens is 2. The molecular formula is C21H27ClN4O2S2. The first kappa shape index (κ1) is 24.5. The molecule has 2 N–H and O–H groups in total. The van der Waals surface area contributed by atoms with Crippen LogP contribution in [0.1, 0.15) is 41.4 Å². The Kier molecular flexibility index (Phi) is 9.94. The Labute approximate surface area is 191 Å². The lowest BCUT2D eigenvalue weighted by Crippen LogP contribution is -2.44. The number of hydrogen-bond acceptors (Lipinski definition) is 6. The number of nitrogens with zero attached hydrogens (tertiary/aromatic N) is 2. The summed E-state index contributed by atoms with van der Waals surface area (Å²) in [6.07, 6.45) is 4.84. The molecule has 0 aliphatic carbocycles. The highest BCUT2D eigenvalue weighted by Gasteiger charge is 2.24. The zero-order valence-corrected chi connectivity index (χ0v) is 20.0. The molecule has 0 radical (unpaired) electrons. The number of halogens is 1. The van der Waals surface area contributed by atoms with Crippen LogP contribution in [0.25, 0.3) is 0 Å². The number of carbonyl (C=O) groups excluding carboxylic acids is 2. The molecule has 2 rings (SSSR count). The van der Waals surface area contributed by atoms with Crippen LogP contribution >= 0.6 is 35.1 Å². The van der Waals surface area contributed by atoms with E-state index in [0.29, 0.717) is 11.6 Å². The fraction of sp³-hybridized carbons (Fsp3) is 0.429. The molecule has 1 aromatic heterocycles. The van der Waals surface area contributed by atoms with Gasteiger partial charge < -0.3 is 10.6 Å². The molecule has 9 heteroatoms. The van der Waals surface area contributed by atoms with E-state index < -0.39 is 11.9 Å². The summed E-state index contributed by atoms with van der Waals surface area (Å²) in [6, 6.07) is 5.10. The van der Waals surface area contributed by atoms with E-state index in [0.717, 1.165) is 34.7 Å². The van der Waals surface area contributed by atoms with Gasteiger partial charge in [-0.3, -0.25) is 9.59 Å². The van der Waals surface area contributed by atoms with E-state index in [2.05, 4.69) is 27.5 Å². The first-order chi connectivity index (χ1) is 14.3. The van der Waals surface area contributed by atoms with E-state index in [1.54, 1.807) is 11.8 Å². The number of nitrogens with one attached hydrogen (secondary N) is 2. The number of hydrogen-bond donors (Lipinski definition) is 2. The molecule has 1 heterocycles. The first-order valence-electron chi connectivity index (χ1n) is 9.69. The SMILES string of the molecule is CCCSc1ncc(Cl)c(C(=O)NC(CCSC)C(=O)Nc2ccc(C)cc2C)n1. The van der Waals surface area contributed by atoms with Crippen molar-refractivity contribution in [2.45, 2.75) is 44.8 Å². The molecule has 1 unspecified atom stereocenters. The zero-order chi connectivity index (χ0) is 22.1. The molecule has 0 aliphatic rings. The molecule has 30 heavy (non-hydrogen) atoms. The monoisotopic (exact) mass is 466 g/mol. The molecule has 0 aliphatic heterocycles. The average molecular weight is 467 g/mol. The highest BCUT2D eigenvalue weighted by Crippen LogP contribution is 2.20. The Morgan fingerprint density at radius 3 is 2.67 bits per heavy atom. The lowest BCUT2D eigenvalue weighted by Gasteiger charge is -2.19. The molecule has 0 saturated carbocycles. The fourth-order valence-electron chi connectivity index (χ4n) is 2.68. The summed E-state index contributed by atoms with van der Waals surface area (Å²) in [4.78, 5) is 34.2. The molecule has 2 amide bonds. The number of anilines is 1. The first-order valence-corrected chi connectivity index (χ1v) is 12.4. The maximum Gasteiger partial charge on any atom is 0.272 e. The van der Waals surface area contributed by atoms with Gasteiger partial charge in [0.2, 0.25) is 5.91 Å². The molecule has 0 bridgehead atoms. The molecule has 0 fully saturated rings. The number of aryl methyl sites for hydroxylation is 2. The van der Waals surface area contributed by atoms with Crippen molar-refractivity contribution >= 4 is 52.6 Å². The van der Waals surface area contributed by atoms with Gasteiger partial charge in [-0.2, -0.15) is 11.8 Å². The fourth-order valence-corrected chi connectivity index (χ4v) is 4.00. The van der Waals surface area contributed by atoms with E-state index in [9.17, 15) is 9.59 Å². The Bertz CT molecular complexity index is 895. The normalized spacial score (nSPS) is 11.8. The summed E-state index contributed by atoms with van der Waals surface area (Å²) in [5.74, 6) is 0.815. The van der Waals surface area contributed by atoms with Crippen molar-refractivity contribution < 1.29 is 9.59 Å². The van der Waals surface area contributed by atoms with Crippen LogP contribution in [0, 0.1) is 13.8 Å². The minimum Gasteiger partial charge on any atom is -0.339 e. The van der Waals surface area contributed by atoms with Gasteiger partial charge in [0.25, 0.3) is 5.91 Å². The van der Waals surface area contributed by atoms with Gasteiger partial charge in [0.1, 0.15) is 6.04 Å². The highest BCUT2D eigenvalue weighted by atomic mass is 35.5. The van der Waals surface area contributed by atoms with Crippen molar-refractivity contribution in [1.29, 1.82) is 0 Å². The minimum absolute atomic E-state index is 0.0822. The van der Waals surface area contributed by atoms with Crippen LogP contribution in [0.4, 0.5) is 5.69 Å². The lowest BCUT2D eigenvalue weighted by atomic mass is 10.1. The van der Waals surface area contributed by atoms with Crippen LogP contribution in [-0.4, -0.2) is 45.6 Å². The summed E-state index contributed by atoms with van der Waals surface area (Å²) >= 11 is 9.23. The molecule has 6 nitrogen and oxygen atoms in total. The van der Waals surface area contributed by atoms with Crippen LogP contribution in [0.5, 0.6) is 0 Å². The second kappa shape index (κ2) is 12.2. The van der Waals surface area contributed by atoms with Gasteiger partial charge in [-0.25, -0.2) is 9.97 Å². The van der Waals surface area contributed by atoms with Crippen LogP contribution < -0.4 is 10.6 Å². The van der Waals surface area contributed by atoms with E-state index >= 15 is 0 Å². The second-order valence-corrected chi connectivity index (χ2v) is 9.27. The number of carbonyl (C=O) groups is 2. The van der Waals surface area contributed by atoms with Gasteiger partial charge in [0.05, 0.1) is 11.2 Å². The lowest BCUT2D eigenvalue weighted by molar-refractivity contribution is -0.118. The van der Waals surface area contributed by atoms with Crippen molar-refractivity contribution in [3.8, 4) is 0 Å². The van der Waals surface area contributed by atoms with Crippen molar-refractivity contribution in [3.63, 3.8) is 0 Å². The third-order valence-corrected chi connectivity index (χ3v) is 6.23. The van der Waals surface area contributed by atoms with Crippen LogP contribution in [0.3, 0.4) is 0 Å². The maximum atomic E-state index is 12.9. The average Bonchev–Trinajstić information content (AvgIpc) is 2.72. The van der Waals surface area contributed by atoms with Gasteiger partial charge in [0.15, 0.2) is 10.9 Å². The Morgan fingerprint density at radius 2 is 2.00 bits per heavy atom. The molecule has 162 valence electrons. The zero-order valence-electron chi connectivity index (χ0n) is 17.6. The van der Waals surface area contributed by atoms with Crippen LogP contribution in [0.15, 0.2) is 29.6 Å². The number of benzene rings is 1. The number of amides is 2. The summed E-state index contributed by atoms with van der Waals surface area (Å²) in [5.41, 5.74) is 2.90. The number of rotatable bonds is 10. The van der Waals surface area contributed by atoms with Gasteiger partial charge in [-0.05, 0) is 50.3 Å². The standard InChI is InChI=1S/C21H27ClN4O2S2/c1-5-9-30-21-23-12-15(22)18(26-21)20(28)25-17(8-10-29-4)19(27)24-16-7-6-13(2)11-14(16)3/h6-7,11-12,17H,5,8-10H2,1-4H3,(H,24,27)(H,25,28). The minimum atomic E-state index is -0.705. The summed E-state index contributed by atoms with van der Waals surface area (Å²) < 4.78 is 0. The Hall–Kier alpha value is -1.77. The van der Waals surface area contributed by atoms with Crippen molar-refractivity contribution in [3.05, 3.63) is 46.2 Å². The molecule has 1 atom stereocenters. The topological polar surface area (TPSA) is 84.0 Å². The Balaban J connectivity index is 2.16. The predicted molar refractivity (Wildman–Crippen MR) is 127 cm³/mol. The maximum absolute atomic E-state index is 12.9. The summed E-state index contributed by atoms with van der Waals surface area (Å²) in [5, 5.41) is 6.37. The van der Waals surface area contributed by atoms with Crippen molar-refractivity contribution in [2.75, 3.05) is 23.1 Å². The molecule has 0 saturated heterocycles.